The second kappa shape index (κ2) is 6.96. The summed E-state index contributed by atoms with van der Waals surface area (Å²) in [5.74, 6) is 0.620. The first-order valence-electron chi connectivity index (χ1n) is 6.98. The molecule has 1 aromatic carbocycles. The molecular weight excluding hydrogens is 368 g/mol. The van der Waals surface area contributed by atoms with Crippen molar-refractivity contribution in [3.63, 3.8) is 0 Å². The van der Waals surface area contributed by atoms with E-state index in [-0.39, 0.29) is 5.56 Å². The molecule has 0 saturated heterocycles. The van der Waals surface area contributed by atoms with Gasteiger partial charge in [0.25, 0.3) is 5.56 Å². The summed E-state index contributed by atoms with van der Waals surface area (Å²) in [5.41, 5.74) is 0.364. The maximum atomic E-state index is 12.3. The van der Waals surface area contributed by atoms with Crippen LogP contribution in [-0.4, -0.2) is 23.0 Å². The number of carbonyl (C=O) groups excluding carboxylic acids is 1. The van der Waals surface area contributed by atoms with Gasteiger partial charge in [0.15, 0.2) is 0 Å². The van der Waals surface area contributed by atoms with Crippen LogP contribution in [0.25, 0.3) is 10.2 Å². The number of aromatic amines is 1. The monoisotopic (exact) mass is 380 g/mol. The highest BCUT2D eigenvalue weighted by Crippen LogP contribution is 2.28. The average molecular weight is 381 g/mol. The minimum absolute atomic E-state index is 0.240. The Morgan fingerprint density at radius 2 is 2.08 bits per heavy atom. The standard InChI is InChI=1S/C16H13ClN2O3S2/c1-8-12-14(20)18-11(7-23-10-5-3-9(17)4-6-10)19-15(12)24-13(8)16(21)22-2/h3-6H,7H2,1-2H3,(H,18,19,20). The van der Waals surface area contributed by atoms with Crippen molar-refractivity contribution in [3.05, 3.63) is 55.9 Å². The molecule has 0 aliphatic carbocycles. The third kappa shape index (κ3) is 3.33. The fraction of sp³-hybridized carbons (Fsp3) is 0.188. The molecule has 0 spiro atoms. The fourth-order valence-electron chi connectivity index (χ4n) is 2.23. The zero-order valence-corrected chi connectivity index (χ0v) is 15.3. The minimum Gasteiger partial charge on any atom is -0.465 e. The van der Waals surface area contributed by atoms with Gasteiger partial charge in [-0.3, -0.25) is 4.79 Å². The Hall–Kier alpha value is -1.83. The van der Waals surface area contributed by atoms with Crippen LogP contribution in [0.4, 0.5) is 0 Å². The Kier molecular flexibility index (Phi) is 4.93. The van der Waals surface area contributed by atoms with Gasteiger partial charge < -0.3 is 9.72 Å². The van der Waals surface area contributed by atoms with E-state index in [1.165, 1.54) is 18.4 Å². The molecule has 0 saturated carbocycles. The third-order valence-corrected chi connectivity index (χ3v) is 5.85. The van der Waals surface area contributed by atoms with Crippen LogP contribution in [0, 0.1) is 6.92 Å². The first kappa shape index (κ1) is 17.0. The highest BCUT2D eigenvalue weighted by atomic mass is 35.5. The van der Waals surface area contributed by atoms with Gasteiger partial charge in [-0.2, -0.15) is 0 Å². The van der Waals surface area contributed by atoms with Crippen molar-refractivity contribution in [2.24, 2.45) is 0 Å². The van der Waals surface area contributed by atoms with E-state index in [1.54, 1.807) is 18.7 Å². The van der Waals surface area contributed by atoms with E-state index in [4.69, 9.17) is 16.3 Å². The SMILES string of the molecule is COC(=O)c1sc2nc(CSc3ccc(Cl)cc3)[nH]c(=O)c2c1C. The topological polar surface area (TPSA) is 72.0 Å². The number of esters is 1. The van der Waals surface area contributed by atoms with Crippen molar-refractivity contribution in [1.82, 2.24) is 9.97 Å². The van der Waals surface area contributed by atoms with Crippen LogP contribution >= 0.6 is 34.7 Å². The number of aryl methyl sites for hydroxylation is 1. The van der Waals surface area contributed by atoms with E-state index in [9.17, 15) is 9.59 Å². The summed E-state index contributed by atoms with van der Waals surface area (Å²) >= 11 is 8.58. The third-order valence-electron chi connectivity index (χ3n) is 3.41. The van der Waals surface area contributed by atoms with E-state index >= 15 is 0 Å². The highest BCUT2D eigenvalue weighted by molar-refractivity contribution is 7.98. The largest absolute Gasteiger partial charge is 0.465 e. The molecule has 24 heavy (non-hydrogen) atoms. The first-order valence-corrected chi connectivity index (χ1v) is 9.16. The van der Waals surface area contributed by atoms with Gasteiger partial charge in [0, 0.05) is 9.92 Å². The Morgan fingerprint density at radius 3 is 2.75 bits per heavy atom. The zero-order valence-electron chi connectivity index (χ0n) is 12.9. The van der Waals surface area contributed by atoms with Gasteiger partial charge in [-0.1, -0.05) is 11.6 Å². The molecule has 0 unspecified atom stereocenters. The van der Waals surface area contributed by atoms with E-state index in [0.29, 0.717) is 37.3 Å². The van der Waals surface area contributed by atoms with Crippen molar-refractivity contribution in [2.75, 3.05) is 7.11 Å². The number of thiophene rings is 1. The average Bonchev–Trinajstić information content (AvgIpc) is 2.91. The molecule has 0 fully saturated rings. The van der Waals surface area contributed by atoms with Crippen LogP contribution in [0.5, 0.6) is 0 Å². The zero-order chi connectivity index (χ0) is 17.3. The smallest absolute Gasteiger partial charge is 0.348 e. The lowest BCUT2D eigenvalue weighted by molar-refractivity contribution is 0.0605. The molecule has 0 bridgehead atoms. The number of halogens is 1. The molecule has 0 amide bonds. The van der Waals surface area contributed by atoms with Crippen LogP contribution in [0.1, 0.15) is 21.1 Å². The molecule has 8 heteroatoms. The number of thioether (sulfide) groups is 1. The van der Waals surface area contributed by atoms with Crippen LogP contribution in [0.3, 0.4) is 0 Å². The number of nitrogens with zero attached hydrogens (tertiary/aromatic N) is 1. The van der Waals surface area contributed by atoms with E-state index in [2.05, 4.69) is 9.97 Å². The van der Waals surface area contributed by atoms with Gasteiger partial charge in [0.1, 0.15) is 15.5 Å². The predicted octanol–water partition coefficient (Wildman–Crippen LogP) is 4.03. The first-order chi connectivity index (χ1) is 11.5. The molecule has 3 rings (SSSR count). The van der Waals surface area contributed by atoms with Crippen LogP contribution in [-0.2, 0) is 10.5 Å². The summed E-state index contributed by atoms with van der Waals surface area (Å²) in [7, 11) is 1.32. The van der Waals surface area contributed by atoms with Gasteiger partial charge in [0.05, 0.1) is 18.2 Å². The number of benzene rings is 1. The maximum Gasteiger partial charge on any atom is 0.348 e. The van der Waals surface area contributed by atoms with Gasteiger partial charge in [-0.15, -0.1) is 23.1 Å². The summed E-state index contributed by atoms with van der Waals surface area (Å²) < 4.78 is 4.75. The number of rotatable bonds is 4. The Bertz CT molecular complexity index is 964. The fourth-order valence-corrected chi connectivity index (χ4v) is 4.24. The van der Waals surface area contributed by atoms with Crippen LogP contribution < -0.4 is 5.56 Å². The molecular formula is C16H13ClN2O3S2. The van der Waals surface area contributed by atoms with Crippen molar-refractivity contribution in [2.45, 2.75) is 17.6 Å². The molecule has 0 aliphatic heterocycles. The van der Waals surface area contributed by atoms with Crippen LogP contribution in [0.15, 0.2) is 34.0 Å². The molecule has 1 N–H and O–H groups in total. The quantitative estimate of drug-likeness (QED) is 0.546. The van der Waals surface area contributed by atoms with E-state index in [1.807, 2.05) is 24.3 Å². The predicted molar refractivity (Wildman–Crippen MR) is 97.3 cm³/mol. The van der Waals surface area contributed by atoms with E-state index in [0.717, 1.165) is 4.90 Å². The van der Waals surface area contributed by atoms with Gasteiger partial charge in [-0.05, 0) is 36.8 Å². The summed E-state index contributed by atoms with van der Waals surface area (Å²) in [6.07, 6.45) is 0. The Morgan fingerprint density at radius 1 is 1.38 bits per heavy atom. The summed E-state index contributed by atoms with van der Waals surface area (Å²) in [4.78, 5) is 33.3. The number of methoxy groups -OCH3 is 1. The van der Waals surface area contributed by atoms with Crippen molar-refractivity contribution in [3.8, 4) is 0 Å². The van der Waals surface area contributed by atoms with Gasteiger partial charge >= 0.3 is 5.97 Å². The number of aromatic nitrogens is 2. The lowest BCUT2D eigenvalue weighted by atomic mass is 10.2. The summed E-state index contributed by atoms with van der Waals surface area (Å²) in [5, 5.41) is 1.12. The number of H-pyrrole nitrogens is 1. The molecule has 124 valence electrons. The number of ether oxygens (including phenoxy) is 1. The number of hydrogen-bond donors (Lipinski definition) is 1. The normalized spacial score (nSPS) is 11.0. The second-order valence-electron chi connectivity index (χ2n) is 4.98. The molecule has 0 aliphatic rings. The Balaban J connectivity index is 1.91. The van der Waals surface area contributed by atoms with Gasteiger partial charge in [-0.25, -0.2) is 9.78 Å². The molecule has 0 atom stereocenters. The Labute approximate surface area is 151 Å². The number of fused-ring (bicyclic) bond motifs is 1. The summed E-state index contributed by atoms with van der Waals surface area (Å²) in [6.45, 7) is 1.73. The second-order valence-corrected chi connectivity index (χ2v) is 7.47. The van der Waals surface area contributed by atoms with Crippen molar-refractivity contribution in [1.29, 1.82) is 0 Å². The molecule has 5 nitrogen and oxygen atoms in total. The molecule has 3 aromatic rings. The number of nitrogens with one attached hydrogen (secondary N) is 1. The highest BCUT2D eigenvalue weighted by Gasteiger charge is 2.19. The van der Waals surface area contributed by atoms with Gasteiger partial charge in [0.2, 0.25) is 0 Å². The van der Waals surface area contributed by atoms with E-state index < -0.39 is 5.97 Å². The van der Waals surface area contributed by atoms with Crippen molar-refractivity contribution < 1.29 is 9.53 Å². The lowest BCUT2D eigenvalue weighted by Crippen LogP contribution is -2.11. The van der Waals surface area contributed by atoms with Crippen LogP contribution in [0.2, 0.25) is 5.02 Å². The number of carbonyl (C=O) groups is 1. The lowest BCUT2D eigenvalue weighted by Gasteiger charge is -2.02. The minimum atomic E-state index is -0.452. The maximum absolute atomic E-state index is 12.3. The molecule has 2 aromatic heterocycles. The molecule has 0 radical (unpaired) electrons. The number of hydrogen-bond acceptors (Lipinski definition) is 6. The summed E-state index contributed by atoms with van der Waals surface area (Å²) in [6, 6.07) is 7.45. The van der Waals surface area contributed by atoms with Crippen molar-refractivity contribution >= 4 is 50.9 Å². The molecule has 2 heterocycles.